The SMILES string of the molecule is Cl.O=C(O)Cc1ccc(-n2cnnc2)cc1. The first kappa shape index (κ1) is 12.2. The Morgan fingerprint density at radius 3 is 2.25 bits per heavy atom. The molecule has 5 nitrogen and oxygen atoms in total. The lowest BCUT2D eigenvalue weighted by atomic mass is 10.1. The van der Waals surface area contributed by atoms with Gasteiger partial charge in [-0.15, -0.1) is 22.6 Å². The lowest BCUT2D eigenvalue weighted by Crippen LogP contribution is -2.00. The molecule has 0 aliphatic rings. The van der Waals surface area contributed by atoms with Crippen LogP contribution in [-0.4, -0.2) is 25.8 Å². The van der Waals surface area contributed by atoms with Gasteiger partial charge in [-0.25, -0.2) is 0 Å². The second-order valence-corrected chi connectivity index (χ2v) is 3.11. The average molecular weight is 240 g/mol. The number of aromatic nitrogens is 3. The molecular weight excluding hydrogens is 230 g/mol. The van der Waals surface area contributed by atoms with E-state index in [1.807, 2.05) is 12.1 Å². The van der Waals surface area contributed by atoms with Gasteiger partial charge < -0.3 is 5.11 Å². The number of benzene rings is 1. The standard InChI is InChI=1S/C10H9N3O2.ClH/c14-10(15)5-8-1-3-9(4-2-8)13-6-11-12-7-13;/h1-4,6-7H,5H2,(H,14,15);1H. The van der Waals surface area contributed by atoms with Crippen LogP contribution in [0.4, 0.5) is 0 Å². The van der Waals surface area contributed by atoms with Crippen molar-refractivity contribution in [1.82, 2.24) is 14.8 Å². The Bertz CT molecular complexity index is 453. The minimum Gasteiger partial charge on any atom is -0.481 e. The summed E-state index contributed by atoms with van der Waals surface area (Å²) in [6, 6.07) is 7.23. The van der Waals surface area contributed by atoms with Gasteiger partial charge in [0.2, 0.25) is 0 Å². The largest absolute Gasteiger partial charge is 0.481 e. The van der Waals surface area contributed by atoms with Crippen molar-refractivity contribution in [2.24, 2.45) is 0 Å². The zero-order chi connectivity index (χ0) is 10.7. The Balaban J connectivity index is 0.00000128. The van der Waals surface area contributed by atoms with Crippen LogP contribution < -0.4 is 0 Å². The first-order chi connectivity index (χ1) is 7.25. The van der Waals surface area contributed by atoms with Gasteiger partial charge in [0.25, 0.3) is 0 Å². The number of aliphatic carboxylic acids is 1. The fourth-order valence-corrected chi connectivity index (χ4v) is 1.29. The van der Waals surface area contributed by atoms with E-state index in [2.05, 4.69) is 10.2 Å². The van der Waals surface area contributed by atoms with Gasteiger partial charge in [-0.1, -0.05) is 12.1 Å². The van der Waals surface area contributed by atoms with E-state index < -0.39 is 5.97 Å². The van der Waals surface area contributed by atoms with Gasteiger partial charge in [0.1, 0.15) is 12.7 Å². The molecule has 1 heterocycles. The van der Waals surface area contributed by atoms with Crippen LogP contribution in [0.2, 0.25) is 0 Å². The third-order valence-corrected chi connectivity index (χ3v) is 2.01. The van der Waals surface area contributed by atoms with Gasteiger partial charge in [-0.2, -0.15) is 0 Å². The monoisotopic (exact) mass is 239 g/mol. The summed E-state index contributed by atoms with van der Waals surface area (Å²) >= 11 is 0. The van der Waals surface area contributed by atoms with Crippen LogP contribution in [0.25, 0.3) is 5.69 Å². The third-order valence-electron chi connectivity index (χ3n) is 2.01. The number of nitrogens with zero attached hydrogens (tertiary/aromatic N) is 3. The highest BCUT2D eigenvalue weighted by molar-refractivity contribution is 5.85. The maximum Gasteiger partial charge on any atom is 0.307 e. The summed E-state index contributed by atoms with van der Waals surface area (Å²) in [4.78, 5) is 10.5. The van der Waals surface area contributed by atoms with Gasteiger partial charge in [0, 0.05) is 5.69 Å². The summed E-state index contributed by atoms with van der Waals surface area (Å²) in [5, 5.41) is 16.0. The summed E-state index contributed by atoms with van der Waals surface area (Å²) in [5.41, 5.74) is 1.69. The normalized spacial score (nSPS) is 9.50. The zero-order valence-electron chi connectivity index (χ0n) is 8.28. The average Bonchev–Trinajstić information content (AvgIpc) is 2.71. The molecule has 2 rings (SSSR count). The fraction of sp³-hybridized carbons (Fsp3) is 0.100. The second kappa shape index (κ2) is 5.27. The maximum atomic E-state index is 10.5. The maximum absolute atomic E-state index is 10.5. The molecule has 0 spiro atoms. The minimum atomic E-state index is -0.827. The molecule has 0 aliphatic heterocycles. The molecule has 16 heavy (non-hydrogen) atoms. The molecule has 6 heteroatoms. The number of halogens is 1. The van der Waals surface area contributed by atoms with Crippen molar-refractivity contribution in [3.63, 3.8) is 0 Å². The van der Waals surface area contributed by atoms with Crippen LogP contribution in [0.5, 0.6) is 0 Å². The molecule has 1 aromatic carbocycles. The fourth-order valence-electron chi connectivity index (χ4n) is 1.29. The van der Waals surface area contributed by atoms with Gasteiger partial charge >= 0.3 is 5.97 Å². The van der Waals surface area contributed by atoms with E-state index in [1.165, 1.54) is 0 Å². The molecule has 2 aromatic rings. The van der Waals surface area contributed by atoms with Crippen molar-refractivity contribution < 1.29 is 9.90 Å². The molecule has 0 saturated carbocycles. The number of hydrogen-bond acceptors (Lipinski definition) is 3. The molecule has 0 aliphatic carbocycles. The molecule has 0 bridgehead atoms. The first-order valence-electron chi connectivity index (χ1n) is 4.41. The number of carboxylic acids is 1. The van der Waals surface area contributed by atoms with Gasteiger partial charge in [-0.3, -0.25) is 9.36 Å². The van der Waals surface area contributed by atoms with Crippen molar-refractivity contribution in [2.75, 3.05) is 0 Å². The predicted molar refractivity (Wildman–Crippen MR) is 59.9 cm³/mol. The van der Waals surface area contributed by atoms with Crippen molar-refractivity contribution in [3.8, 4) is 5.69 Å². The van der Waals surface area contributed by atoms with Crippen LogP contribution in [0, 0.1) is 0 Å². The predicted octanol–water partition coefficient (Wildman–Crippen LogP) is 1.32. The highest BCUT2D eigenvalue weighted by atomic mass is 35.5. The smallest absolute Gasteiger partial charge is 0.307 e. The van der Waals surface area contributed by atoms with Crippen LogP contribution >= 0.6 is 12.4 Å². The Morgan fingerprint density at radius 2 is 1.75 bits per heavy atom. The Kier molecular flexibility index (Phi) is 4.02. The quantitative estimate of drug-likeness (QED) is 0.877. The van der Waals surface area contributed by atoms with Gasteiger partial charge in [0.05, 0.1) is 6.42 Å². The number of hydrogen-bond donors (Lipinski definition) is 1. The third kappa shape index (κ3) is 2.80. The Hall–Kier alpha value is -1.88. The molecule has 0 fully saturated rings. The van der Waals surface area contributed by atoms with Gasteiger partial charge in [0.15, 0.2) is 0 Å². The van der Waals surface area contributed by atoms with Crippen LogP contribution in [0.1, 0.15) is 5.56 Å². The van der Waals surface area contributed by atoms with E-state index >= 15 is 0 Å². The lowest BCUT2D eigenvalue weighted by molar-refractivity contribution is -0.136. The summed E-state index contributed by atoms with van der Waals surface area (Å²) < 4.78 is 1.75. The summed E-state index contributed by atoms with van der Waals surface area (Å²) in [6.07, 6.45) is 3.22. The van der Waals surface area contributed by atoms with Crippen molar-refractivity contribution >= 4 is 18.4 Å². The molecule has 0 radical (unpaired) electrons. The van der Waals surface area contributed by atoms with E-state index in [9.17, 15) is 4.79 Å². The van der Waals surface area contributed by atoms with E-state index in [-0.39, 0.29) is 18.8 Å². The number of carbonyl (C=O) groups is 1. The summed E-state index contributed by atoms with van der Waals surface area (Å²) in [5.74, 6) is -0.827. The molecule has 0 atom stereocenters. The van der Waals surface area contributed by atoms with Gasteiger partial charge in [-0.05, 0) is 17.7 Å². The highest BCUT2D eigenvalue weighted by Crippen LogP contribution is 2.08. The molecular formula is C10H10ClN3O2. The van der Waals surface area contributed by atoms with Crippen LogP contribution in [-0.2, 0) is 11.2 Å². The van der Waals surface area contributed by atoms with Crippen molar-refractivity contribution in [2.45, 2.75) is 6.42 Å². The molecule has 0 saturated heterocycles. The Morgan fingerprint density at radius 1 is 1.19 bits per heavy atom. The Labute approximate surface area is 98.2 Å². The number of rotatable bonds is 3. The second-order valence-electron chi connectivity index (χ2n) is 3.11. The van der Waals surface area contributed by atoms with E-state index in [0.29, 0.717) is 0 Å². The van der Waals surface area contributed by atoms with E-state index in [4.69, 9.17) is 5.11 Å². The van der Waals surface area contributed by atoms with Crippen LogP contribution in [0.3, 0.4) is 0 Å². The summed E-state index contributed by atoms with van der Waals surface area (Å²) in [6.45, 7) is 0. The first-order valence-corrected chi connectivity index (χ1v) is 4.41. The molecule has 0 unspecified atom stereocenters. The minimum absolute atomic E-state index is 0. The number of carboxylic acid groups (broad SMARTS) is 1. The molecule has 0 amide bonds. The van der Waals surface area contributed by atoms with E-state index in [1.54, 1.807) is 29.4 Å². The summed E-state index contributed by atoms with van der Waals surface area (Å²) in [7, 11) is 0. The van der Waals surface area contributed by atoms with Crippen LogP contribution in [0.15, 0.2) is 36.9 Å². The molecule has 1 N–H and O–H groups in total. The highest BCUT2D eigenvalue weighted by Gasteiger charge is 2.00. The lowest BCUT2D eigenvalue weighted by Gasteiger charge is -2.01. The van der Waals surface area contributed by atoms with E-state index in [0.717, 1.165) is 11.3 Å². The molecule has 1 aromatic heterocycles. The topological polar surface area (TPSA) is 68.0 Å². The molecule has 84 valence electrons. The van der Waals surface area contributed by atoms with Crippen molar-refractivity contribution in [3.05, 3.63) is 42.5 Å². The van der Waals surface area contributed by atoms with Crippen molar-refractivity contribution in [1.29, 1.82) is 0 Å². The zero-order valence-corrected chi connectivity index (χ0v) is 9.09.